The van der Waals surface area contributed by atoms with Crippen molar-refractivity contribution in [1.82, 2.24) is 23.7 Å². The number of anilines is 1. The molecule has 3 aromatic heterocycles. The summed E-state index contributed by atoms with van der Waals surface area (Å²) in [6, 6.07) is 3.82. The summed E-state index contributed by atoms with van der Waals surface area (Å²) in [6.07, 6.45) is 7.26. The van der Waals surface area contributed by atoms with Crippen LogP contribution in [0.1, 0.15) is 26.2 Å². The quantitative estimate of drug-likeness (QED) is 0.543. The number of amides is 1. The smallest absolute Gasteiger partial charge is 0.219 e. The highest BCUT2D eigenvalue weighted by molar-refractivity contribution is 7.97. The average Bonchev–Trinajstić information content (AvgIpc) is 3.36. The number of carbonyl (C=O) groups excluding carboxylic acids is 1. The molecule has 0 N–H and O–H groups in total. The zero-order valence-corrected chi connectivity index (χ0v) is 19.7. The SMILES string of the molecule is CC(=O)N1CCN(c2ccc3c(=O)c(SN4CCCCC4)cn(-c4nccs4)c3n2)CC1. The molecule has 2 fully saturated rings. The van der Waals surface area contributed by atoms with Crippen molar-refractivity contribution >= 4 is 46.0 Å². The topological polar surface area (TPSA) is 74.6 Å². The first-order valence-electron chi connectivity index (χ1n) is 11.0. The van der Waals surface area contributed by atoms with Gasteiger partial charge in [0.15, 0.2) is 10.8 Å². The molecule has 5 rings (SSSR count). The molecule has 10 heteroatoms. The Morgan fingerprint density at radius 1 is 1.06 bits per heavy atom. The second kappa shape index (κ2) is 9.21. The van der Waals surface area contributed by atoms with E-state index in [1.807, 2.05) is 33.2 Å². The largest absolute Gasteiger partial charge is 0.353 e. The molecular formula is C22H26N6O2S2. The van der Waals surface area contributed by atoms with Crippen LogP contribution in [-0.2, 0) is 4.79 Å². The van der Waals surface area contributed by atoms with Crippen LogP contribution in [0.25, 0.3) is 16.2 Å². The minimum atomic E-state index is 0.0174. The monoisotopic (exact) mass is 470 g/mol. The van der Waals surface area contributed by atoms with Crippen LogP contribution in [0.3, 0.4) is 0 Å². The molecule has 0 aliphatic carbocycles. The molecule has 32 heavy (non-hydrogen) atoms. The third kappa shape index (κ3) is 4.26. The predicted molar refractivity (Wildman–Crippen MR) is 129 cm³/mol. The van der Waals surface area contributed by atoms with Crippen molar-refractivity contribution in [3.05, 3.63) is 40.1 Å². The number of carbonyl (C=O) groups is 1. The maximum absolute atomic E-state index is 13.4. The number of rotatable bonds is 4. The van der Waals surface area contributed by atoms with Crippen molar-refractivity contribution in [2.45, 2.75) is 31.1 Å². The van der Waals surface area contributed by atoms with E-state index in [9.17, 15) is 9.59 Å². The summed E-state index contributed by atoms with van der Waals surface area (Å²) in [7, 11) is 0. The molecule has 0 atom stereocenters. The molecule has 0 aromatic carbocycles. The number of piperidine rings is 1. The van der Waals surface area contributed by atoms with Crippen molar-refractivity contribution in [3.63, 3.8) is 0 Å². The van der Waals surface area contributed by atoms with Gasteiger partial charge in [-0.3, -0.25) is 14.2 Å². The minimum absolute atomic E-state index is 0.0174. The van der Waals surface area contributed by atoms with E-state index in [2.05, 4.69) is 14.2 Å². The lowest BCUT2D eigenvalue weighted by Crippen LogP contribution is -2.48. The van der Waals surface area contributed by atoms with Crippen LogP contribution >= 0.6 is 23.3 Å². The number of pyridine rings is 2. The minimum Gasteiger partial charge on any atom is -0.353 e. The number of nitrogens with zero attached hydrogens (tertiary/aromatic N) is 6. The number of piperazine rings is 1. The van der Waals surface area contributed by atoms with Gasteiger partial charge in [0.2, 0.25) is 11.3 Å². The van der Waals surface area contributed by atoms with Gasteiger partial charge >= 0.3 is 0 Å². The molecule has 168 valence electrons. The summed E-state index contributed by atoms with van der Waals surface area (Å²) in [6.45, 7) is 6.42. The van der Waals surface area contributed by atoms with E-state index in [0.717, 1.165) is 37.1 Å². The van der Waals surface area contributed by atoms with Crippen LogP contribution < -0.4 is 10.3 Å². The Morgan fingerprint density at radius 2 is 1.84 bits per heavy atom. The molecule has 2 aliphatic rings. The fourth-order valence-corrected chi connectivity index (χ4v) is 5.92. The fraction of sp³-hybridized carbons (Fsp3) is 0.455. The van der Waals surface area contributed by atoms with Crippen molar-refractivity contribution in [2.24, 2.45) is 0 Å². The molecule has 0 radical (unpaired) electrons. The maximum atomic E-state index is 13.4. The molecule has 8 nitrogen and oxygen atoms in total. The number of fused-ring (bicyclic) bond motifs is 1. The van der Waals surface area contributed by atoms with E-state index in [1.54, 1.807) is 25.1 Å². The summed E-state index contributed by atoms with van der Waals surface area (Å²) in [5.74, 6) is 0.925. The number of thiazole rings is 1. The Morgan fingerprint density at radius 3 is 2.53 bits per heavy atom. The molecule has 1 amide bonds. The molecule has 0 bridgehead atoms. The highest BCUT2D eigenvalue weighted by Gasteiger charge is 2.22. The zero-order valence-electron chi connectivity index (χ0n) is 18.1. The van der Waals surface area contributed by atoms with Gasteiger partial charge in [-0.25, -0.2) is 14.3 Å². The van der Waals surface area contributed by atoms with E-state index in [0.29, 0.717) is 29.0 Å². The molecule has 0 saturated carbocycles. The summed E-state index contributed by atoms with van der Waals surface area (Å²) >= 11 is 3.08. The average molecular weight is 471 g/mol. The van der Waals surface area contributed by atoms with Crippen LogP contribution in [-0.4, -0.2) is 68.9 Å². The molecule has 0 unspecified atom stereocenters. The van der Waals surface area contributed by atoms with Gasteiger partial charge in [0.1, 0.15) is 5.82 Å². The van der Waals surface area contributed by atoms with Gasteiger partial charge in [-0.1, -0.05) is 6.42 Å². The Labute approximate surface area is 195 Å². The van der Waals surface area contributed by atoms with Gasteiger partial charge < -0.3 is 9.80 Å². The molecule has 2 aliphatic heterocycles. The van der Waals surface area contributed by atoms with Gasteiger partial charge in [0.05, 0.1) is 10.3 Å². The summed E-state index contributed by atoms with van der Waals surface area (Å²) in [4.78, 5) is 39.1. The lowest BCUT2D eigenvalue weighted by atomic mass is 10.2. The van der Waals surface area contributed by atoms with E-state index < -0.39 is 0 Å². The van der Waals surface area contributed by atoms with Crippen molar-refractivity contribution in [3.8, 4) is 5.13 Å². The highest BCUT2D eigenvalue weighted by Crippen LogP contribution is 2.28. The van der Waals surface area contributed by atoms with Crippen LogP contribution in [0.4, 0.5) is 5.82 Å². The first-order chi connectivity index (χ1) is 15.6. The summed E-state index contributed by atoms with van der Waals surface area (Å²) in [5, 5.41) is 3.33. The predicted octanol–water partition coefficient (Wildman–Crippen LogP) is 3.00. The van der Waals surface area contributed by atoms with Gasteiger partial charge in [-0.15, -0.1) is 11.3 Å². The molecular weight excluding hydrogens is 444 g/mol. The zero-order chi connectivity index (χ0) is 22.1. The third-order valence-electron chi connectivity index (χ3n) is 6.02. The summed E-state index contributed by atoms with van der Waals surface area (Å²) in [5.41, 5.74) is 0.642. The standard InChI is InChI=1S/C22H26N6O2S2/c1-16(29)25-10-12-26(13-11-25)19-6-5-17-20(30)18(32-27-8-3-2-4-9-27)15-28(21(17)24-19)22-23-7-14-31-22/h5-7,14-15H,2-4,8-13H2,1H3. The van der Waals surface area contributed by atoms with Gasteiger partial charge in [-0.2, -0.15) is 0 Å². The number of hydrogen-bond acceptors (Lipinski definition) is 8. The Hall–Kier alpha value is -2.43. The number of aromatic nitrogens is 3. The molecule has 0 spiro atoms. The number of hydrogen-bond donors (Lipinski definition) is 0. The third-order valence-corrected chi connectivity index (χ3v) is 7.90. The van der Waals surface area contributed by atoms with E-state index in [4.69, 9.17) is 4.98 Å². The second-order valence-corrected chi connectivity index (χ2v) is 10.1. The van der Waals surface area contributed by atoms with E-state index in [-0.39, 0.29) is 11.3 Å². The van der Waals surface area contributed by atoms with Gasteiger partial charge in [0.25, 0.3) is 0 Å². The first kappa shape index (κ1) is 21.4. The lowest BCUT2D eigenvalue weighted by Gasteiger charge is -2.35. The maximum Gasteiger partial charge on any atom is 0.219 e. The van der Waals surface area contributed by atoms with Crippen molar-refractivity contribution < 1.29 is 4.79 Å². The molecule has 2 saturated heterocycles. The normalized spacial score (nSPS) is 17.8. The lowest BCUT2D eigenvalue weighted by molar-refractivity contribution is -0.129. The second-order valence-electron chi connectivity index (χ2n) is 8.12. The van der Waals surface area contributed by atoms with Crippen LogP contribution in [0.2, 0.25) is 0 Å². The Bertz CT molecular complexity index is 1170. The van der Waals surface area contributed by atoms with Crippen LogP contribution in [0.15, 0.2) is 39.6 Å². The highest BCUT2D eigenvalue weighted by atomic mass is 32.2. The molecule has 5 heterocycles. The Kier molecular flexibility index (Phi) is 6.16. The Balaban J connectivity index is 1.53. The fourth-order valence-electron chi connectivity index (χ4n) is 4.24. The van der Waals surface area contributed by atoms with Crippen LogP contribution in [0.5, 0.6) is 0 Å². The van der Waals surface area contributed by atoms with Crippen molar-refractivity contribution in [1.29, 1.82) is 0 Å². The van der Waals surface area contributed by atoms with E-state index in [1.165, 1.54) is 30.6 Å². The van der Waals surface area contributed by atoms with Crippen molar-refractivity contribution in [2.75, 3.05) is 44.2 Å². The molecule has 3 aromatic rings. The summed E-state index contributed by atoms with van der Waals surface area (Å²) < 4.78 is 4.23. The van der Waals surface area contributed by atoms with Gasteiger partial charge in [-0.05, 0) is 36.9 Å². The van der Waals surface area contributed by atoms with Gasteiger partial charge in [0, 0.05) is 64.0 Å². The van der Waals surface area contributed by atoms with Crippen LogP contribution in [0, 0.1) is 0 Å². The van der Waals surface area contributed by atoms with E-state index >= 15 is 0 Å². The first-order valence-corrected chi connectivity index (χ1v) is 12.6.